The normalized spacial score (nSPS) is 15.6. The smallest absolute Gasteiger partial charge is 0.339 e. The molecule has 3 heterocycles. The van der Waals surface area contributed by atoms with Gasteiger partial charge in [-0.05, 0) is 31.0 Å². The van der Waals surface area contributed by atoms with E-state index in [1.54, 1.807) is 15.6 Å². The van der Waals surface area contributed by atoms with E-state index >= 15 is 0 Å². The number of aromatic nitrogens is 2. The predicted octanol–water partition coefficient (Wildman–Crippen LogP) is 2.69. The van der Waals surface area contributed by atoms with Gasteiger partial charge < -0.3 is 19.9 Å². The van der Waals surface area contributed by atoms with Crippen molar-refractivity contribution in [1.29, 1.82) is 0 Å². The molecule has 0 atom stereocenters. The van der Waals surface area contributed by atoms with Gasteiger partial charge in [0.2, 0.25) is 0 Å². The summed E-state index contributed by atoms with van der Waals surface area (Å²) >= 11 is 6.05. The molecule has 1 N–H and O–H groups in total. The van der Waals surface area contributed by atoms with Crippen molar-refractivity contribution in [1.82, 2.24) is 19.6 Å². The Hall–Kier alpha value is -3.07. The molecule has 0 aliphatic carbocycles. The number of halogens is 1. The van der Waals surface area contributed by atoms with E-state index in [0.29, 0.717) is 23.7 Å². The Morgan fingerprint density at radius 1 is 1.13 bits per heavy atom. The average molecular weight is 446 g/mol. The van der Waals surface area contributed by atoms with E-state index in [9.17, 15) is 14.4 Å². The fourth-order valence-electron chi connectivity index (χ4n) is 4.11. The van der Waals surface area contributed by atoms with E-state index in [1.165, 1.54) is 19.2 Å². The van der Waals surface area contributed by atoms with Crippen LogP contribution >= 0.6 is 11.6 Å². The highest BCUT2D eigenvalue weighted by atomic mass is 35.5. The molecule has 0 unspecified atom stereocenters. The van der Waals surface area contributed by atoms with Crippen LogP contribution in [0.3, 0.4) is 0 Å². The van der Waals surface area contributed by atoms with Gasteiger partial charge in [0.05, 0.1) is 24.9 Å². The Labute approximate surface area is 184 Å². The molecule has 1 saturated heterocycles. The Balaban J connectivity index is 1.55. The maximum absolute atomic E-state index is 13.0. The number of amides is 3. The number of hydrogen-bond donors (Lipinski definition) is 1. The van der Waals surface area contributed by atoms with Crippen LogP contribution in [0.2, 0.25) is 5.02 Å². The maximum Gasteiger partial charge on any atom is 0.339 e. The van der Waals surface area contributed by atoms with Crippen LogP contribution in [0.1, 0.15) is 44.9 Å². The van der Waals surface area contributed by atoms with Gasteiger partial charge in [0.25, 0.3) is 5.91 Å². The minimum atomic E-state index is -0.571. The third kappa shape index (κ3) is 4.10. The average Bonchev–Trinajstić information content (AvgIpc) is 3.41. The number of benzene rings is 1. The summed E-state index contributed by atoms with van der Waals surface area (Å²) < 4.78 is 6.52. The van der Waals surface area contributed by atoms with Gasteiger partial charge in [-0.15, -0.1) is 0 Å². The molecule has 2 aliphatic heterocycles. The number of esters is 1. The number of rotatable bonds is 3. The number of nitrogens with one attached hydrogen (secondary N) is 1. The molecule has 10 heteroatoms. The number of fused-ring (bicyclic) bond motifs is 1. The SMILES string of the molecule is COC(=O)c1ccc(Cl)cc1NC(=O)N1CCc2c(c(C(=O)N3CCCC3)nn2C)C1. The van der Waals surface area contributed by atoms with Gasteiger partial charge in [0.15, 0.2) is 5.69 Å². The molecular weight excluding hydrogens is 422 g/mol. The molecule has 4 rings (SSSR count). The van der Waals surface area contributed by atoms with Gasteiger partial charge in [-0.2, -0.15) is 5.10 Å². The quantitative estimate of drug-likeness (QED) is 0.732. The van der Waals surface area contributed by atoms with E-state index in [1.807, 2.05) is 11.9 Å². The number of ether oxygens (including phenoxy) is 1. The fraction of sp³-hybridized carbons (Fsp3) is 0.429. The standard InChI is InChI=1S/C21H24ClN5O4/c1-25-17-7-10-27(12-15(17)18(24-25)19(28)26-8-3-4-9-26)21(30)23-16-11-13(22)5-6-14(16)20(29)31-2/h5-6,11H,3-4,7-10,12H2,1-2H3,(H,23,30). The molecule has 0 spiro atoms. The van der Waals surface area contributed by atoms with E-state index in [2.05, 4.69) is 10.4 Å². The van der Waals surface area contributed by atoms with Gasteiger partial charge in [-0.25, -0.2) is 9.59 Å². The highest BCUT2D eigenvalue weighted by Gasteiger charge is 2.32. The Kier molecular flexibility index (Phi) is 5.86. The summed E-state index contributed by atoms with van der Waals surface area (Å²) in [5, 5.41) is 7.60. The molecule has 9 nitrogen and oxygen atoms in total. The van der Waals surface area contributed by atoms with E-state index in [4.69, 9.17) is 16.3 Å². The summed E-state index contributed by atoms with van der Waals surface area (Å²) in [6.07, 6.45) is 2.58. The van der Waals surface area contributed by atoms with Gasteiger partial charge in [-0.3, -0.25) is 9.48 Å². The van der Waals surface area contributed by atoms with Crippen molar-refractivity contribution in [2.45, 2.75) is 25.8 Å². The van der Waals surface area contributed by atoms with Gasteiger partial charge in [0.1, 0.15) is 0 Å². The number of nitrogens with zero attached hydrogens (tertiary/aromatic N) is 4. The number of methoxy groups -OCH3 is 1. The molecule has 3 amide bonds. The van der Waals surface area contributed by atoms with Crippen LogP contribution in [0.15, 0.2) is 18.2 Å². The van der Waals surface area contributed by atoms with E-state index < -0.39 is 5.97 Å². The molecule has 164 valence electrons. The zero-order valence-electron chi connectivity index (χ0n) is 17.5. The zero-order valence-corrected chi connectivity index (χ0v) is 18.2. The van der Waals surface area contributed by atoms with Crippen LogP contribution in [0.5, 0.6) is 0 Å². The summed E-state index contributed by atoms with van der Waals surface area (Å²) in [5.74, 6) is -0.655. The molecule has 1 aromatic heterocycles. The van der Waals surface area contributed by atoms with Crippen LogP contribution in [0, 0.1) is 0 Å². The van der Waals surface area contributed by atoms with Crippen LogP contribution in [0.25, 0.3) is 0 Å². The molecule has 0 radical (unpaired) electrons. The number of likely N-dealkylation sites (tertiary alicyclic amines) is 1. The lowest BCUT2D eigenvalue weighted by Crippen LogP contribution is -2.40. The first-order chi connectivity index (χ1) is 14.9. The van der Waals surface area contributed by atoms with Gasteiger partial charge >= 0.3 is 12.0 Å². The van der Waals surface area contributed by atoms with Crippen molar-refractivity contribution >= 4 is 35.2 Å². The maximum atomic E-state index is 13.0. The Morgan fingerprint density at radius 2 is 1.87 bits per heavy atom. The second kappa shape index (κ2) is 8.58. The lowest BCUT2D eigenvalue weighted by molar-refractivity contribution is 0.0601. The summed E-state index contributed by atoms with van der Waals surface area (Å²) in [6, 6.07) is 4.18. The molecule has 1 fully saturated rings. The van der Waals surface area contributed by atoms with E-state index in [0.717, 1.165) is 37.2 Å². The summed E-state index contributed by atoms with van der Waals surface area (Å²) in [4.78, 5) is 41.4. The largest absolute Gasteiger partial charge is 0.465 e. The number of carbonyl (C=O) groups excluding carboxylic acids is 3. The predicted molar refractivity (Wildman–Crippen MR) is 114 cm³/mol. The number of urea groups is 1. The van der Waals surface area contributed by atoms with Crippen molar-refractivity contribution in [2.24, 2.45) is 7.05 Å². The summed E-state index contributed by atoms with van der Waals surface area (Å²) in [7, 11) is 3.10. The van der Waals surface area contributed by atoms with Gasteiger partial charge in [-0.1, -0.05) is 11.6 Å². The Bertz CT molecular complexity index is 1040. The molecule has 2 aliphatic rings. The molecule has 0 bridgehead atoms. The van der Waals surface area contributed by atoms with Crippen molar-refractivity contribution in [3.63, 3.8) is 0 Å². The lowest BCUT2D eigenvalue weighted by Gasteiger charge is -2.28. The second-order valence-electron chi connectivity index (χ2n) is 7.68. The molecule has 1 aromatic carbocycles. The van der Waals surface area contributed by atoms with Gasteiger partial charge in [0, 0.05) is 49.4 Å². The van der Waals surface area contributed by atoms with Crippen LogP contribution < -0.4 is 5.32 Å². The highest BCUT2D eigenvalue weighted by molar-refractivity contribution is 6.31. The van der Waals surface area contributed by atoms with Crippen LogP contribution in [-0.4, -0.2) is 64.2 Å². The van der Waals surface area contributed by atoms with Crippen LogP contribution in [-0.2, 0) is 24.8 Å². The topological polar surface area (TPSA) is 96.8 Å². The summed E-state index contributed by atoms with van der Waals surface area (Å²) in [6.45, 7) is 2.20. The molecule has 31 heavy (non-hydrogen) atoms. The first-order valence-corrected chi connectivity index (χ1v) is 10.5. The van der Waals surface area contributed by atoms with Crippen LogP contribution in [0.4, 0.5) is 10.5 Å². The third-order valence-electron chi connectivity index (χ3n) is 5.75. The van der Waals surface area contributed by atoms with Crippen molar-refractivity contribution in [2.75, 3.05) is 32.1 Å². The van der Waals surface area contributed by atoms with Crippen molar-refractivity contribution in [3.8, 4) is 0 Å². The second-order valence-corrected chi connectivity index (χ2v) is 8.12. The first-order valence-electron chi connectivity index (χ1n) is 10.2. The highest BCUT2D eigenvalue weighted by Crippen LogP contribution is 2.26. The fourth-order valence-corrected chi connectivity index (χ4v) is 4.28. The minimum Gasteiger partial charge on any atom is -0.465 e. The lowest BCUT2D eigenvalue weighted by atomic mass is 10.0. The number of carbonyl (C=O) groups is 3. The Morgan fingerprint density at radius 3 is 2.58 bits per heavy atom. The minimum absolute atomic E-state index is 0.0839. The number of hydrogen-bond acceptors (Lipinski definition) is 5. The zero-order chi connectivity index (χ0) is 22.1. The monoisotopic (exact) mass is 445 g/mol. The number of anilines is 1. The molecule has 2 aromatic rings. The van der Waals surface area contributed by atoms with Crippen molar-refractivity contribution in [3.05, 3.63) is 45.7 Å². The first kappa shape index (κ1) is 21.2. The summed E-state index contributed by atoms with van der Waals surface area (Å²) in [5.41, 5.74) is 2.64. The number of aryl methyl sites for hydroxylation is 1. The molecule has 0 saturated carbocycles. The van der Waals surface area contributed by atoms with E-state index in [-0.39, 0.29) is 29.7 Å². The third-order valence-corrected chi connectivity index (χ3v) is 5.99. The molecular formula is C21H24ClN5O4. The van der Waals surface area contributed by atoms with Crippen molar-refractivity contribution < 1.29 is 19.1 Å².